The molecule has 0 bridgehead atoms. The molecule has 0 radical (unpaired) electrons. The number of rotatable bonds is 3. The molecule has 3 heteroatoms. The van der Waals surface area contributed by atoms with Gasteiger partial charge in [0.15, 0.2) is 11.5 Å². The highest BCUT2D eigenvalue weighted by Crippen LogP contribution is 2.33. The molecule has 98 valence electrons. The van der Waals surface area contributed by atoms with Gasteiger partial charge in [0.1, 0.15) is 0 Å². The normalized spacial score (nSPS) is 20.9. The van der Waals surface area contributed by atoms with Crippen LogP contribution in [0.2, 0.25) is 0 Å². The fourth-order valence-electron chi connectivity index (χ4n) is 2.47. The Morgan fingerprint density at radius 3 is 2.61 bits per heavy atom. The highest BCUT2D eigenvalue weighted by Gasteiger charge is 2.20. The van der Waals surface area contributed by atoms with E-state index >= 15 is 0 Å². The SMILES string of the molecule is CC(NC1CCC1)c1ccc2c(c1)OCCCO2. The van der Waals surface area contributed by atoms with Gasteiger partial charge < -0.3 is 14.8 Å². The van der Waals surface area contributed by atoms with Gasteiger partial charge >= 0.3 is 0 Å². The lowest BCUT2D eigenvalue weighted by molar-refractivity contribution is 0.296. The van der Waals surface area contributed by atoms with E-state index in [1.165, 1.54) is 24.8 Å². The maximum absolute atomic E-state index is 5.73. The minimum Gasteiger partial charge on any atom is -0.490 e. The topological polar surface area (TPSA) is 30.5 Å². The summed E-state index contributed by atoms with van der Waals surface area (Å²) in [5.74, 6) is 1.78. The first kappa shape index (κ1) is 11.8. The maximum atomic E-state index is 5.73. The predicted molar refractivity (Wildman–Crippen MR) is 71.2 cm³/mol. The average molecular weight is 247 g/mol. The van der Waals surface area contributed by atoms with Crippen LogP contribution in [0.15, 0.2) is 18.2 Å². The number of nitrogens with one attached hydrogen (secondary N) is 1. The second-order valence-corrected chi connectivity index (χ2v) is 5.27. The van der Waals surface area contributed by atoms with Gasteiger partial charge in [0.25, 0.3) is 0 Å². The van der Waals surface area contributed by atoms with Gasteiger partial charge in [-0.1, -0.05) is 12.5 Å². The molecule has 1 aliphatic carbocycles. The zero-order valence-corrected chi connectivity index (χ0v) is 10.9. The standard InChI is InChI=1S/C15H21NO2/c1-11(16-13-4-2-5-13)12-6-7-14-15(10-12)18-9-3-8-17-14/h6-7,10-11,13,16H,2-5,8-9H2,1H3. The molecule has 1 saturated carbocycles. The summed E-state index contributed by atoms with van der Waals surface area (Å²) in [6.45, 7) is 3.72. The lowest BCUT2D eigenvalue weighted by Crippen LogP contribution is -2.36. The summed E-state index contributed by atoms with van der Waals surface area (Å²) in [6, 6.07) is 7.39. The lowest BCUT2D eigenvalue weighted by Gasteiger charge is -2.30. The smallest absolute Gasteiger partial charge is 0.161 e. The zero-order valence-electron chi connectivity index (χ0n) is 10.9. The van der Waals surface area contributed by atoms with Gasteiger partial charge in [-0.25, -0.2) is 0 Å². The number of ether oxygens (including phenoxy) is 2. The molecule has 1 heterocycles. The number of hydrogen-bond donors (Lipinski definition) is 1. The third-order valence-electron chi connectivity index (χ3n) is 3.86. The first-order chi connectivity index (χ1) is 8.83. The van der Waals surface area contributed by atoms with Crippen molar-refractivity contribution in [1.29, 1.82) is 0 Å². The highest BCUT2D eigenvalue weighted by molar-refractivity contribution is 5.44. The summed E-state index contributed by atoms with van der Waals surface area (Å²) in [5.41, 5.74) is 1.28. The van der Waals surface area contributed by atoms with E-state index in [0.717, 1.165) is 31.1 Å². The van der Waals surface area contributed by atoms with E-state index in [0.29, 0.717) is 12.1 Å². The molecule has 1 aromatic carbocycles. The molecule has 1 aliphatic heterocycles. The van der Waals surface area contributed by atoms with Gasteiger partial charge in [0.05, 0.1) is 13.2 Å². The van der Waals surface area contributed by atoms with Crippen molar-refractivity contribution in [3.63, 3.8) is 0 Å². The monoisotopic (exact) mass is 247 g/mol. The number of hydrogen-bond acceptors (Lipinski definition) is 3. The molecule has 1 aromatic rings. The van der Waals surface area contributed by atoms with E-state index in [-0.39, 0.29) is 0 Å². The van der Waals surface area contributed by atoms with E-state index < -0.39 is 0 Å². The fourth-order valence-corrected chi connectivity index (χ4v) is 2.47. The fraction of sp³-hybridized carbons (Fsp3) is 0.600. The van der Waals surface area contributed by atoms with Crippen LogP contribution in [0.25, 0.3) is 0 Å². The average Bonchev–Trinajstić information content (AvgIpc) is 2.57. The zero-order chi connectivity index (χ0) is 12.4. The molecule has 0 aromatic heterocycles. The minimum atomic E-state index is 0.382. The molecule has 0 spiro atoms. The Bertz CT molecular complexity index is 415. The first-order valence-corrected chi connectivity index (χ1v) is 6.98. The van der Waals surface area contributed by atoms with Crippen molar-refractivity contribution in [3.8, 4) is 11.5 Å². The summed E-state index contributed by atoms with van der Waals surface area (Å²) < 4.78 is 11.4. The maximum Gasteiger partial charge on any atom is 0.161 e. The van der Waals surface area contributed by atoms with Crippen molar-refractivity contribution < 1.29 is 9.47 Å². The van der Waals surface area contributed by atoms with E-state index in [4.69, 9.17) is 9.47 Å². The molecule has 0 amide bonds. The minimum absolute atomic E-state index is 0.382. The van der Waals surface area contributed by atoms with Crippen LogP contribution in [0.4, 0.5) is 0 Å². The molecular formula is C15H21NO2. The van der Waals surface area contributed by atoms with Crippen molar-refractivity contribution in [3.05, 3.63) is 23.8 Å². The molecule has 2 aliphatic rings. The van der Waals surface area contributed by atoms with Crippen molar-refractivity contribution in [2.75, 3.05) is 13.2 Å². The van der Waals surface area contributed by atoms with Crippen molar-refractivity contribution >= 4 is 0 Å². The Morgan fingerprint density at radius 1 is 1.11 bits per heavy atom. The first-order valence-electron chi connectivity index (χ1n) is 6.98. The Balaban J connectivity index is 1.73. The summed E-state index contributed by atoms with van der Waals surface area (Å²) in [5, 5.41) is 3.66. The quantitative estimate of drug-likeness (QED) is 0.890. The van der Waals surface area contributed by atoms with Gasteiger partial charge in [0, 0.05) is 18.5 Å². The third-order valence-corrected chi connectivity index (χ3v) is 3.86. The van der Waals surface area contributed by atoms with Crippen molar-refractivity contribution in [2.45, 2.75) is 44.7 Å². The van der Waals surface area contributed by atoms with E-state index in [1.54, 1.807) is 0 Å². The van der Waals surface area contributed by atoms with Crippen molar-refractivity contribution in [1.82, 2.24) is 5.32 Å². The molecule has 1 fully saturated rings. The lowest BCUT2D eigenvalue weighted by atomic mass is 9.92. The van der Waals surface area contributed by atoms with Crippen LogP contribution in [0.1, 0.15) is 44.2 Å². The summed E-state index contributed by atoms with van der Waals surface area (Å²) in [7, 11) is 0. The summed E-state index contributed by atoms with van der Waals surface area (Å²) in [6.07, 6.45) is 4.95. The van der Waals surface area contributed by atoms with Crippen LogP contribution in [0, 0.1) is 0 Å². The predicted octanol–water partition coefficient (Wildman–Crippen LogP) is 3.05. The second-order valence-electron chi connectivity index (χ2n) is 5.27. The molecule has 0 saturated heterocycles. The van der Waals surface area contributed by atoms with Crippen LogP contribution in [0.3, 0.4) is 0 Å². The Hall–Kier alpha value is -1.22. The molecule has 18 heavy (non-hydrogen) atoms. The third kappa shape index (κ3) is 2.46. The van der Waals surface area contributed by atoms with Crippen molar-refractivity contribution in [2.24, 2.45) is 0 Å². The summed E-state index contributed by atoms with van der Waals surface area (Å²) in [4.78, 5) is 0. The second kappa shape index (κ2) is 5.19. The largest absolute Gasteiger partial charge is 0.490 e. The van der Waals surface area contributed by atoms with E-state index in [2.05, 4.69) is 24.4 Å². The molecule has 1 atom stereocenters. The van der Waals surface area contributed by atoms with Crippen LogP contribution in [-0.4, -0.2) is 19.3 Å². The van der Waals surface area contributed by atoms with Gasteiger partial charge in [0.2, 0.25) is 0 Å². The molecule has 1 unspecified atom stereocenters. The Kier molecular flexibility index (Phi) is 3.41. The van der Waals surface area contributed by atoms with E-state index in [9.17, 15) is 0 Å². The van der Waals surface area contributed by atoms with E-state index in [1.807, 2.05) is 6.07 Å². The van der Waals surface area contributed by atoms with Gasteiger partial charge in [-0.15, -0.1) is 0 Å². The highest BCUT2D eigenvalue weighted by atomic mass is 16.5. The summed E-state index contributed by atoms with van der Waals surface area (Å²) >= 11 is 0. The molecule has 3 nitrogen and oxygen atoms in total. The van der Waals surface area contributed by atoms with Crippen LogP contribution < -0.4 is 14.8 Å². The van der Waals surface area contributed by atoms with Gasteiger partial charge in [-0.05, 0) is 37.5 Å². The van der Waals surface area contributed by atoms with Crippen LogP contribution >= 0.6 is 0 Å². The Labute approximate surface area is 108 Å². The number of fused-ring (bicyclic) bond motifs is 1. The Morgan fingerprint density at radius 2 is 1.89 bits per heavy atom. The molecular weight excluding hydrogens is 226 g/mol. The van der Waals surface area contributed by atoms with Crippen LogP contribution in [-0.2, 0) is 0 Å². The molecule has 1 N–H and O–H groups in total. The van der Waals surface area contributed by atoms with Gasteiger partial charge in [-0.2, -0.15) is 0 Å². The van der Waals surface area contributed by atoms with Crippen LogP contribution in [0.5, 0.6) is 11.5 Å². The molecule has 3 rings (SSSR count). The van der Waals surface area contributed by atoms with Gasteiger partial charge in [-0.3, -0.25) is 0 Å². The number of benzene rings is 1.